The minimum Gasteiger partial charge on any atom is -0.493 e. The summed E-state index contributed by atoms with van der Waals surface area (Å²) in [6, 6.07) is 11.7. The van der Waals surface area contributed by atoms with Crippen LogP contribution in [0.1, 0.15) is 20.7 Å². The molecule has 0 radical (unpaired) electrons. The molecule has 0 fully saturated rings. The SMILES string of the molecule is COc1ccc(C(=O)NCCNC(=O)c2ccccc2N)cc1OC. The smallest absolute Gasteiger partial charge is 0.253 e. The van der Waals surface area contributed by atoms with Crippen molar-refractivity contribution in [1.29, 1.82) is 0 Å². The molecular formula is C18H21N3O4. The minimum atomic E-state index is -0.279. The van der Waals surface area contributed by atoms with E-state index in [-0.39, 0.29) is 24.9 Å². The maximum Gasteiger partial charge on any atom is 0.253 e. The molecule has 0 aromatic heterocycles. The van der Waals surface area contributed by atoms with Crippen LogP contribution in [0.25, 0.3) is 0 Å². The van der Waals surface area contributed by atoms with Gasteiger partial charge in [0.15, 0.2) is 11.5 Å². The summed E-state index contributed by atoms with van der Waals surface area (Å²) in [7, 11) is 3.03. The third-order valence-electron chi connectivity index (χ3n) is 3.55. The number of rotatable bonds is 7. The van der Waals surface area contributed by atoms with Crippen molar-refractivity contribution < 1.29 is 19.1 Å². The van der Waals surface area contributed by atoms with Gasteiger partial charge in [-0.2, -0.15) is 0 Å². The average molecular weight is 343 g/mol. The highest BCUT2D eigenvalue weighted by Crippen LogP contribution is 2.27. The maximum absolute atomic E-state index is 12.1. The summed E-state index contributed by atoms with van der Waals surface area (Å²) >= 11 is 0. The zero-order valence-electron chi connectivity index (χ0n) is 14.2. The van der Waals surface area contributed by atoms with E-state index in [4.69, 9.17) is 15.2 Å². The summed E-state index contributed by atoms with van der Waals surface area (Å²) in [5.74, 6) is 0.475. The molecule has 2 amide bonds. The average Bonchev–Trinajstić information content (AvgIpc) is 2.64. The number of nitrogens with one attached hydrogen (secondary N) is 2. The van der Waals surface area contributed by atoms with Gasteiger partial charge < -0.3 is 25.8 Å². The largest absolute Gasteiger partial charge is 0.493 e. The Bertz CT molecular complexity index is 762. The van der Waals surface area contributed by atoms with Crippen LogP contribution in [-0.2, 0) is 0 Å². The van der Waals surface area contributed by atoms with Gasteiger partial charge in [0.1, 0.15) is 0 Å². The van der Waals surface area contributed by atoms with Crippen LogP contribution in [0, 0.1) is 0 Å². The molecule has 0 bridgehead atoms. The van der Waals surface area contributed by atoms with Crippen molar-refractivity contribution in [2.45, 2.75) is 0 Å². The molecule has 2 rings (SSSR count). The molecule has 0 spiro atoms. The Hall–Kier alpha value is -3.22. The number of methoxy groups -OCH3 is 2. The molecule has 2 aromatic carbocycles. The van der Waals surface area contributed by atoms with Crippen LogP contribution in [0.15, 0.2) is 42.5 Å². The molecule has 25 heavy (non-hydrogen) atoms. The van der Waals surface area contributed by atoms with Crippen LogP contribution in [-0.4, -0.2) is 39.1 Å². The van der Waals surface area contributed by atoms with Gasteiger partial charge >= 0.3 is 0 Å². The molecule has 0 unspecified atom stereocenters. The van der Waals surface area contributed by atoms with Gasteiger partial charge in [0.05, 0.1) is 19.8 Å². The van der Waals surface area contributed by atoms with Crippen LogP contribution in [0.2, 0.25) is 0 Å². The molecule has 0 heterocycles. The van der Waals surface area contributed by atoms with Gasteiger partial charge in [-0.05, 0) is 30.3 Å². The van der Waals surface area contributed by atoms with Gasteiger partial charge in [-0.25, -0.2) is 0 Å². The van der Waals surface area contributed by atoms with E-state index in [0.29, 0.717) is 28.3 Å². The molecule has 2 aromatic rings. The topological polar surface area (TPSA) is 103 Å². The summed E-state index contributed by atoms with van der Waals surface area (Å²) in [5, 5.41) is 5.44. The lowest BCUT2D eigenvalue weighted by Gasteiger charge is -2.11. The Balaban J connectivity index is 1.85. The highest BCUT2D eigenvalue weighted by molar-refractivity contribution is 5.99. The Labute approximate surface area is 146 Å². The van der Waals surface area contributed by atoms with Crippen LogP contribution < -0.4 is 25.8 Å². The monoisotopic (exact) mass is 343 g/mol. The zero-order valence-corrected chi connectivity index (χ0v) is 14.2. The van der Waals surface area contributed by atoms with Gasteiger partial charge in [-0.15, -0.1) is 0 Å². The maximum atomic E-state index is 12.1. The van der Waals surface area contributed by atoms with E-state index >= 15 is 0 Å². The number of hydrogen-bond acceptors (Lipinski definition) is 5. The quantitative estimate of drug-likeness (QED) is 0.521. The van der Waals surface area contributed by atoms with Gasteiger partial charge in [-0.1, -0.05) is 12.1 Å². The van der Waals surface area contributed by atoms with Crippen LogP contribution in [0.3, 0.4) is 0 Å². The summed E-state index contributed by atoms with van der Waals surface area (Å²) in [6.45, 7) is 0.567. The first kappa shape index (κ1) is 18.1. The summed E-state index contributed by atoms with van der Waals surface area (Å²) in [4.78, 5) is 24.1. The van der Waals surface area contributed by atoms with Gasteiger partial charge in [0, 0.05) is 24.3 Å². The number of amides is 2. The minimum absolute atomic E-state index is 0.269. The number of para-hydroxylation sites is 1. The number of anilines is 1. The number of ether oxygens (including phenoxy) is 2. The zero-order chi connectivity index (χ0) is 18.2. The van der Waals surface area contributed by atoms with E-state index in [1.807, 2.05) is 0 Å². The van der Waals surface area contributed by atoms with Gasteiger partial charge in [0.25, 0.3) is 11.8 Å². The second-order valence-electron chi connectivity index (χ2n) is 5.17. The summed E-state index contributed by atoms with van der Waals surface area (Å²) in [6.07, 6.45) is 0. The predicted molar refractivity (Wildman–Crippen MR) is 95.1 cm³/mol. The Kier molecular flexibility index (Phi) is 6.22. The first-order valence-corrected chi connectivity index (χ1v) is 7.69. The van der Waals surface area contributed by atoms with Crippen molar-refractivity contribution in [3.63, 3.8) is 0 Å². The number of hydrogen-bond donors (Lipinski definition) is 3. The molecule has 0 saturated carbocycles. The fourth-order valence-corrected chi connectivity index (χ4v) is 2.23. The number of carbonyl (C=O) groups excluding carboxylic acids is 2. The fourth-order valence-electron chi connectivity index (χ4n) is 2.23. The van der Waals surface area contributed by atoms with E-state index in [1.165, 1.54) is 14.2 Å². The molecule has 0 aliphatic carbocycles. The van der Waals surface area contributed by atoms with Crippen molar-refractivity contribution in [3.05, 3.63) is 53.6 Å². The van der Waals surface area contributed by atoms with E-state index in [1.54, 1.807) is 42.5 Å². The van der Waals surface area contributed by atoms with Crippen molar-refractivity contribution in [1.82, 2.24) is 10.6 Å². The van der Waals surface area contributed by atoms with Gasteiger partial charge in [0.2, 0.25) is 0 Å². The van der Waals surface area contributed by atoms with Crippen molar-refractivity contribution in [2.24, 2.45) is 0 Å². The van der Waals surface area contributed by atoms with E-state index in [2.05, 4.69) is 10.6 Å². The summed E-state index contributed by atoms with van der Waals surface area (Å²) < 4.78 is 10.3. The Morgan fingerprint density at radius 2 is 1.56 bits per heavy atom. The van der Waals surface area contributed by atoms with Gasteiger partial charge in [-0.3, -0.25) is 9.59 Å². The first-order chi connectivity index (χ1) is 12.1. The lowest BCUT2D eigenvalue weighted by molar-refractivity contribution is 0.0928. The number of nitrogens with two attached hydrogens (primary N) is 1. The van der Waals surface area contributed by atoms with E-state index < -0.39 is 0 Å². The second-order valence-corrected chi connectivity index (χ2v) is 5.17. The highest BCUT2D eigenvalue weighted by atomic mass is 16.5. The number of carbonyl (C=O) groups is 2. The van der Waals surface area contributed by atoms with Crippen LogP contribution >= 0.6 is 0 Å². The molecule has 7 nitrogen and oxygen atoms in total. The highest BCUT2D eigenvalue weighted by Gasteiger charge is 2.11. The molecule has 0 aliphatic rings. The molecule has 7 heteroatoms. The summed E-state index contributed by atoms with van der Waals surface area (Å²) in [5.41, 5.74) is 7.01. The normalized spacial score (nSPS) is 10.0. The van der Waals surface area contributed by atoms with Crippen molar-refractivity contribution in [3.8, 4) is 11.5 Å². The Morgan fingerprint density at radius 1 is 0.920 bits per heavy atom. The number of nitrogen functional groups attached to an aromatic ring is 1. The third kappa shape index (κ3) is 4.63. The molecule has 132 valence electrons. The second kappa shape index (κ2) is 8.58. The molecule has 0 atom stereocenters. The molecular weight excluding hydrogens is 322 g/mol. The lowest BCUT2D eigenvalue weighted by atomic mass is 10.1. The predicted octanol–water partition coefficient (Wildman–Crippen LogP) is 1.45. The van der Waals surface area contributed by atoms with E-state index in [9.17, 15) is 9.59 Å². The lowest BCUT2D eigenvalue weighted by Crippen LogP contribution is -2.34. The number of benzene rings is 2. The fraction of sp³-hybridized carbons (Fsp3) is 0.222. The third-order valence-corrected chi connectivity index (χ3v) is 3.55. The Morgan fingerprint density at radius 3 is 2.20 bits per heavy atom. The van der Waals surface area contributed by atoms with Crippen LogP contribution in [0.4, 0.5) is 5.69 Å². The van der Waals surface area contributed by atoms with Crippen LogP contribution in [0.5, 0.6) is 11.5 Å². The first-order valence-electron chi connectivity index (χ1n) is 7.69. The van der Waals surface area contributed by atoms with Crippen molar-refractivity contribution in [2.75, 3.05) is 33.0 Å². The molecule has 4 N–H and O–H groups in total. The molecule has 0 saturated heterocycles. The van der Waals surface area contributed by atoms with Crippen molar-refractivity contribution >= 4 is 17.5 Å². The standard InChI is InChI=1S/C18H21N3O4/c1-24-15-8-7-12(11-16(15)25-2)17(22)20-9-10-21-18(23)13-5-3-4-6-14(13)19/h3-8,11H,9-10,19H2,1-2H3,(H,20,22)(H,21,23). The van der Waals surface area contributed by atoms with E-state index in [0.717, 1.165) is 0 Å². The molecule has 0 aliphatic heterocycles.